The molecule has 2 aliphatic rings. The zero-order chi connectivity index (χ0) is 23.9. The van der Waals surface area contributed by atoms with E-state index < -0.39 is 5.54 Å². The molecule has 0 N–H and O–H groups in total. The first kappa shape index (κ1) is 22.1. The van der Waals surface area contributed by atoms with Crippen LogP contribution in [0.1, 0.15) is 36.6 Å². The summed E-state index contributed by atoms with van der Waals surface area (Å²) in [7, 11) is 1.64. The fourth-order valence-corrected chi connectivity index (χ4v) is 4.87. The molecular weight excluding hydrogens is 431 g/mol. The lowest BCUT2D eigenvalue weighted by atomic mass is 9.78. The van der Waals surface area contributed by atoms with Crippen molar-refractivity contribution < 1.29 is 13.9 Å². The Labute approximate surface area is 198 Å². The SMILES string of the molecule is COc1cc(C=CC2=NCC3(c4ccc(F)cc4)CCC(C)C(=O)N23)ccc1-n1cnc(C)c1. The average Bonchev–Trinajstić information content (AvgIpc) is 3.45. The van der Waals surface area contributed by atoms with Gasteiger partial charge in [-0.25, -0.2) is 9.37 Å². The first-order chi connectivity index (χ1) is 16.4. The van der Waals surface area contributed by atoms with Gasteiger partial charge in [0.2, 0.25) is 5.91 Å². The van der Waals surface area contributed by atoms with Crippen molar-refractivity contribution in [2.24, 2.45) is 10.9 Å². The van der Waals surface area contributed by atoms with Gasteiger partial charge in [0, 0.05) is 12.1 Å². The van der Waals surface area contributed by atoms with Gasteiger partial charge in [-0.05, 0) is 61.2 Å². The smallest absolute Gasteiger partial charge is 0.231 e. The minimum absolute atomic E-state index is 0.0554. The number of piperidine rings is 1. The summed E-state index contributed by atoms with van der Waals surface area (Å²) in [5.74, 6) is 1.04. The lowest BCUT2D eigenvalue weighted by Gasteiger charge is -2.44. The van der Waals surface area contributed by atoms with E-state index in [0.29, 0.717) is 12.4 Å². The summed E-state index contributed by atoms with van der Waals surface area (Å²) in [6, 6.07) is 12.4. The molecule has 0 bridgehead atoms. The number of amidine groups is 1. The van der Waals surface area contributed by atoms with Crippen molar-refractivity contribution in [2.75, 3.05) is 13.7 Å². The Morgan fingerprint density at radius 1 is 1.18 bits per heavy atom. The number of halogens is 1. The molecule has 2 aliphatic heterocycles. The van der Waals surface area contributed by atoms with Crippen molar-refractivity contribution in [1.82, 2.24) is 14.5 Å². The summed E-state index contributed by atoms with van der Waals surface area (Å²) < 4.78 is 21.1. The van der Waals surface area contributed by atoms with E-state index in [2.05, 4.69) is 4.98 Å². The normalized spacial score (nSPS) is 22.2. The molecule has 2 aromatic carbocycles. The number of fused-ring (bicyclic) bond motifs is 1. The Balaban J connectivity index is 1.45. The van der Waals surface area contributed by atoms with Crippen molar-refractivity contribution in [3.63, 3.8) is 0 Å². The number of aliphatic imine (C=N–C) groups is 1. The number of imidazole rings is 1. The van der Waals surface area contributed by atoms with Crippen LogP contribution >= 0.6 is 0 Å². The number of hydrogen-bond acceptors (Lipinski definition) is 4. The molecule has 6 nitrogen and oxygen atoms in total. The van der Waals surface area contributed by atoms with E-state index in [1.165, 1.54) is 12.1 Å². The van der Waals surface area contributed by atoms with Gasteiger partial charge in [-0.2, -0.15) is 0 Å². The Morgan fingerprint density at radius 2 is 1.97 bits per heavy atom. The number of nitrogens with zero attached hydrogens (tertiary/aromatic N) is 4. The van der Waals surface area contributed by atoms with E-state index in [1.807, 2.05) is 59.9 Å². The van der Waals surface area contributed by atoms with Crippen molar-refractivity contribution >= 4 is 17.8 Å². The highest BCUT2D eigenvalue weighted by atomic mass is 19.1. The summed E-state index contributed by atoms with van der Waals surface area (Å²) in [6.07, 6.45) is 9.10. The maximum Gasteiger partial charge on any atom is 0.231 e. The quantitative estimate of drug-likeness (QED) is 0.546. The highest BCUT2D eigenvalue weighted by Crippen LogP contribution is 2.44. The van der Waals surface area contributed by atoms with E-state index in [4.69, 9.17) is 9.73 Å². The fraction of sp³-hybridized carbons (Fsp3) is 0.296. The average molecular weight is 459 g/mol. The molecule has 0 spiro atoms. The molecule has 1 saturated heterocycles. The maximum absolute atomic E-state index is 13.6. The number of carbonyl (C=O) groups excluding carboxylic acids is 1. The second kappa shape index (κ2) is 8.56. The molecule has 7 heteroatoms. The molecule has 34 heavy (non-hydrogen) atoms. The van der Waals surface area contributed by atoms with Gasteiger partial charge in [-0.15, -0.1) is 0 Å². The topological polar surface area (TPSA) is 59.7 Å². The van der Waals surface area contributed by atoms with Gasteiger partial charge in [0.25, 0.3) is 0 Å². The number of carbonyl (C=O) groups is 1. The first-order valence-corrected chi connectivity index (χ1v) is 11.4. The lowest BCUT2D eigenvalue weighted by molar-refractivity contribution is -0.139. The summed E-state index contributed by atoms with van der Waals surface area (Å²) >= 11 is 0. The molecule has 5 rings (SSSR count). The molecule has 0 aliphatic carbocycles. The summed E-state index contributed by atoms with van der Waals surface area (Å²) in [5.41, 5.74) is 3.11. The molecule has 1 aromatic heterocycles. The van der Waals surface area contributed by atoms with Gasteiger partial charge in [0.05, 0.1) is 36.9 Å². The number of aryl methyl sites for hydroxylation is 1. The van der Waals surface area contributed by atoms with E-state index >= 15 is 0 Å². The van der Waals surface area contributed by atoms with E-state index in [-0.39, 0.29) is 17.6 Å². The van der Waals surface area contributed by atoms with Crippen molar-refractivity contribution in [1.29, 1.82) is 0 Å². The van der Waals surface area contributed by atoms with Crippen LogP contribution in [0.2, 0.25) is 0 Å². The number of hydrogen-bond donors (Lipinski definition) is 0. The molecule has 1 fully saturated rings. The highest BCUT2D eigenvalue weighted by molar-refractivity contribution is 6.09. The number of ether oxygens (including phenoxy) is 1. The van der Waals surface area contributed by atoms with Crippen LogP contribution in [0, 0.1) is 18.7 Å². The van der Waals surface area contributed by atoms with Gasteiger partial charge in [0.15, 0.2) is 0 Å². The van der Waals surface area contributed by atoms with Crippen LogP contribution in [0.3, 0.4) is 0 Å². The first-order valence-electron chi connectivity index (χ1n) is 11.4. The summed E-state index contributed by atoms with van der Waals surface area (Å²) in [5, 5.41) is 0. The number of rotatable bonds is 5. The van der Waals surface area contributed by atoms with Crippen LogP contribution in [-0.4, -0.2) is 39.8 Å². The minimum Gasteiger partial charge on any atom is -0.495 e. The molecule has 0 saturated carbocycles. The Bertz CT molecular complexity index is 1290. The zero-order valence-electron chi connectivity index (χ0n) is 19.5. The standard InChI is InChI=1S/C27H27FN4O2/c1-18-12-13-27(21-6-8-22(28)9-7-21)16-29-25(32(27)26(18)33)11-5-20-4-10-23(24(14-20)34-3)31-15-19(2)30-17-31/h4-11,14-15,17-18H,12-13,16H2,1-3H3. The maximum atomic E-state index is 13.6. The molecule has 174 valence electrons. The van der Waals surface area contributed by atoms with Gasteiger partial charge in [-0.1, -0.05) is 31.2 Å². The third-order valence-electron chi connectivity index (χ3n) is 6.79. The van der Waals surface area contributed by atoms with Crippen LogP contribution < -0.4 is 4.74 Å². The van der Waals surface area contributed by atoms with Crippen molar-refractivity contribution in [3.05, 3.63) is 83.7 Å². The van der Waals surface area contributed by atoms with Crippen LogP contribution in [0.4, 0.5) is 4.39 Å². The molecular formula is C27H27FN4O2. The summed E-state index contributed by atoms with van der Waals surface area (Å²) in [4.78, 5) is 24.2. The molecule has 1 amide bonds. The van der Waals surface area contributed by atoms with Crippen molar-refractivity contribution in [2.45, 2.75) is 32.2 Å². The van der Waals surface area contributed by atoms with Crippen molar-refractivity contribution in [3.8, 4) is 11.4 Å². The van der Waals surface area contributed by atoms with Crippen LogP contribution in [0.15, 0.2) is 66.1 Å². The third kappa shape index (κ3) is 3.71. The summed E-state index contributed by atoms with van der Waals surface area (Å²) in [6.45, 7) is 4.37. The van der Waals surface area contributed by atoms with Gasteiger partial charge < -0.3 is 9.30 Å². The van der Waals surface area contributed by atoms with Crippen LogP contribution in [0.5, 0.6) is 5.75 Å². The largest absolute Gasteiger partial charge is 0.495 e. The van der Waals surface area contributed by atoms with E-state index in [0.717, 1.165) is 41.1 Å². The van der Waals surface area contributed by atoms with Gasteiger partial charge in [-0.3, -0.25) is 14.7 Å². The van der Waals surface area contributed by atoms with Gasteiger partial charge in [0.1, 0.15) is 17.4 Å². The highest BCUT2D eigenvalue weighted by Gasteiger charge is 2.51. The molecule has 2 unspecified atom stereocenters. The number of aromatic nitrogens is 2. The van der Waals surface area contributed by atoms with Gasteiger partial charge >= 0.3 is 0 Å². The Kier molecular flexibility index (Phi) is 5.55. The molecule has 3 aromatic rings. The number of amides is 1. The lowest BCUT2D eigenvalue weighted by Crippen LogP contribution is -2.55. The Morgan fingerprint density at radius 3 is 2.68 bits per heavy atom. The third-order valence-corrected chi connectivity index (χ3v) is 6.79. The molecule has 2 atom stereocenters. The van der Waals surface area contributed by atoms with Crippen LogP contribution in [0.25, 0.3) is 11.8 Å². The number of methoxy groups -OCH3 is 1. The monoisotopic (exact) mass is 458 g/mol. The second-order valence-corrected chi connectivity index (χ2v) is 9.01. The molecule has 0 radical (unpaired) electrons. The fourth-order valence-electron chi connectivity index (χ4n) is 4.87. The predicted molar refractivity (Wildman–Crippen MR) is 130 cm³/mol. The minimum atomic E-state index is -0.558. The Hall–Kier alpha value is -3.74. The van der Waals surface area contributed by atoms with Crippen LogP contribution in [-0.2, 0) is 10.3 Å². The zero-order valence-corrected chi connectivity index (χ0v) is 19.5. The number of benzene rings is 2. The van der Waals surface area contributed by atoms with E-state index in [9.17, 15) is 9.18 Å². The second-order valence-electron chi connectivity index (χ2n) is 9.01. The van der Waals surface area contributed by atoms with E-state index in [1.54, 1.807) is 25.6 Å². The predicted octanol–water partition coefficient (Wildman–Crippen LogP) is 4.91. The molecule has 3 heterocycles.